The second-order valence-electron chi connectivity index (χ2n) is 4.94. The maximum Gasteiger partial charge on any atom is 0.143 e. The van der Waals surface area contributed by atoms with E-state index in [0.29, 0.717) is 17.1 Å². The molecule has 0 aromatic heterocycles. The first-order valence-corrected chi connectivity index (χ1v) is 6.76. The van der Waals surface area contributed by atoms with Gasteiger partial charge in [-0.15, -0.1) is 0 Å². The van der Waals surface area contributed by atoms with Crippen LogP contribution in [0.1, 0.15) is 17.0 Å². The predicted octanol–water partition coefficient (Wildman–Crippen LogP) is 4.01. The van der Waals surface area contributed by atoms with E-state index in [1.165, 1.54) is 12.1 Å². The first kappa shape index (κ1) is 13.9. The number of ether oxygens (including phenoxy) is 1. The number of hydrogen-bond acceptors (Lipinski definition) is 3. The van der Waals surface area contributed by atoms with E-state index < -0.39 is 5.92 Å². The Bertz CT molecular complexity index is 798. The zero-order valence-electron chi connectivity index (χ0n) is 11.5. The van der Waals surface area contributed by atoms with Crippen LogP contribution in [0.4, 0.5) is 4.39 Å². The van der Waals surface area contributed by atoms with Crippen LogP contribution in [0.25, 0.3) is 5.76 Å². The Morgan fingerprint density at radius 3 is 2.36 bits per heavy atom. The maximum atomic E-state index is 13.1. The molecule has 1 unspecified atom stereocenters. The smallest absolute Gasteiger partial charge is 0.143 e. The van der Waals surface area contributed by atoms with Crippen molar-refractivity contribution in [1.82, 2.24) is 0 Å². The molecule has 1 aliphatic heterocycles. The zero-order chi connectivity index (χ0) is 15.5. The van der Waals surface area contributed by atoms with E-state index in [-0.39, 0.29) is 11.7 Å². The molecule has 0 saturated carbocycles. The molecule has 3 nitrogen and oxygen atoms in total. The standard InChI is InChI=1S/C18H11FN2O/c19-14-7-5-12(6-8-14)18-9-16(13(10-20)11-21)15-3-1-2-4-17(15)22-18/h1-9,13,16H. The highest BCUT2D eigenvalue weighted by atomic mass is 19.1. The number of nitrogens with zero attached hydrogens (tertiary/aromatic N) is 2. The van der Waals surface area contributed by atoms with E-state index in [4.69, 9.17) is 4.74 Å². The molecule has 22 heavy (non-hydrogen) atoms. The van der Waals surface area contributed by atoms with Crippen molar-refractivity contribution in [2.75, 3.05) is 0 Å². The summed E-state index contributed by atoms with van der Waals surface area (Å²) in [5.74, 6) is -0.367. The summed E-state index contributed by atoms with van der Waals surface area (Å²) in [7, 11) is 0. The van der Waals surface area contributed by atoms with Crippen molar-refractivity contribution in [1.29, 1.82) is 10.5 Å². The van der Waals surface area contributed by atoms with E-state index in [1.54, 1.807) is 24.3 Å². The van der Waals surface area contributed by atoms with Gasteiger partial charge in [-0.1, -0.05) is 18.2 Å². The van der Waals surface area contributed by atoms with Crippen molar-refractivity contribution >= 4 is 5.76 Å². The van der Waals surface area contributed by atoms with Crippen molar-refractivity contribution in [2.24, 2.45) is 5.92 Å². The lowest BCUT2D eigenvalue weighted by molar-refractivity contribution is 0.479. The Morgan fingerprint density at radius 2 is 1.68 bits per heavy atom. The highest BCUT2D eigenvalue weighted by Gasteiger charge is 2.29. The van der Waals surface area contributed by atoms with Crippen LogP contribution >= 0.6 is 0 Å². The summed E-state index contributed by atoms with van der Waals surface area (Å²) in [4.78, 5) is 0. The average molecular weight is 290 g/mol. The molecule has 0 saturated heterocycles. The van der Waals surface area contributed by atoms with Gasteiger partial charge in [-0.05, 0) is 36.4 Å². The first-order valence-electron chi connectivity index (χ1n) is 6.76. The molecule has 0 aliphatic carbocycles. The second-order valence-corrected chi connectivity index (χ2v) is 4.94. The molecule has 3 rings (SSSR count). The molecule has 1 atom stereocenters. The van der Waals surface area contributed by atoms with E-state index in [2.05, 4.69) is 0 Å². The van der Waals surface area contributed by atoms with Crippen molar-refractivity contribution in [2.45, 2.75) is 5.92 Å². The Labute approximate surface area is 127 Å². The third-order valence-electron chi connectivity index (χ3n) is 3.60. The predicted molar refractivity (Wildman–Crippen MR) is 78.9 cm³/mol. The van der Waals surface area contributed by atoms with Gasteiger partial charge >= 0.3 is 0 Å². The minimum Gasteiger partial charge on any atom is -0.457 e. The highest BCUT2D eigenvalue weighted by molar-refractivity contribution is 5.67. The van der Waals surface area contributed by atoms with Crippen molar-refractivity contribution in [3.63, 3.8) is 0 Å². The Morgan fingerprint density at radius 1 is 1.00 bits per heavy atom. The Kier molecular flexibility index (Phi) is 3.60. The molecule has 1 heterocycles. The maximum absolute atomic E-state index is 13.1. The first-order chi connectivity index (χ1) is 10.7. The molecular weight excluding hydrogens is 279 g/mol. The van der Waals surface area contributed by atoms with Crippen LogP contribution < -0.4 is 4.74 Å². The quantitative estimate of drug-likeness (QED) is 0.839. The zero-order valence-corrected chi connectivity index (χ0v) is 11.5. The van der Waals surface area contributed by atoms with E-state index in [9.17, 15) is 14.9 Å². The Hall–Kier alpha value is -3.11. The lowest BCUT2D eigenvalue weighted by Crippen LogP contribution is -2.15. The molecule has 1 aliphatic rings. The summed E-state index contributed by atoms with van der Waals surface area (Å²) in [6, 6.07) is 17.3. The lowest BCUT2D eigenvalue weighted by atomic mass is 9.84. The average Bonchev–Trinajstić information content (AvgIpc) is 2.56. The van der Waals surface area contributed by atoms with Gasteiger partial charge in [0.05, 0.1) is 12.1 Å². The van der Waals surface area contributed by atoms with Gasteiger partial charge in [-0.25, -0.2) is 4.39 Å². The molecule has 106 valence electrons. The number of benzene rings is 2. The molecule has 0 spiro atoms. The largest absolute Gasteiger partial charge is 0.457 e. The van der Waals surface area contributed by atoms with Crippen LogP contribution in [0, 0.1) is 34.4 Å². The number of hydrogen-bond donors (Lipinski definition) is 0. The number of nitriles is 2. The minimum atomic E-state index is -0.805. The summed E-state index contributed by atoms with van der Waals surface area (Å²) in [5, 5.41) is 18.4. The molecular formula is C18H11FN2O. The van der Waals surface area contributed by atoms with Gasteiger partial charge in [0.2, 0.25) is 0 Å². The van der Waals surface area contributed by atoms with Gasteiger partial charge in [0, 0.05) is 17.0 Å². The fourth-order valence-electron chi connectivity index (χ4n) is 2.49. The van der Waals surface area contributed by atoms with Crippen LogP contribution in [-0.4, -0.2) is 0 Å². The molecule has 2 aromatic carbocycles. The number of para-hydroxylation sites is 1. The van der Waals surface area contributed by atoms with Crippen LogP contribution in [0.5, 0.6) is 5.75 Å². The second kappa shape index (κ2) is 5.71. The van der Waals surface area contributed by atoms with Gasteiger partial charge in [-0.2, -0.15) is 10.5 Å². The lowest BCUT2D eigenvalue weighted by Gasteiger charge is -2.25. The topological polar surface area (TPSA) is 56.8 Å². The molecule has 0 bridgehead atoms. The van der Waals surface area contributed by atoms with Crippen LogP contribution in [-0.2, 0) is 0 Å². The van der Waals surface area contributed by atoms with Crippen molar-refractivity contribution in [3.8, 4) is 17.9 Å². The summed E-state index contributed by atoms with van der Waals surface area (Å²) in [6.45, 7) is 0. The minimum absolute atomic E-state index is 0.330. The van der Waals surface area contributed by atoms with Gasteiger partial charge in [-0.3, -0.25) is 0 Å². The summed E-state index contributed by atoms with van der Waals surface area (Å²) < 4.78 is 18.9. The van der Waals surface area contributed by atoms with Crippen LogP contribution in [0.15, 0.2) is 54.6 Å². The van der Waals surface area contributed by atoms with Gasteiger partial charge in [0.15, 0.2) is 0 Å². The third kappa shape index (κ3) is 2.43. The van der Waals surface area contributed by atoms with Crippen LogP contribution in [0.3, 0.4) is 0 Å². The van der Waals surface area contributed by atoms with Crippen molar-refractivity contribution < 1.29 is 9.13 Å². The Balaban J connectivity index is 2.09. The van der Waals surface area contributed by atoms with E-state index in [0.717, 1.165) is 5.56 Å². The number of allylic oxidation sites excluding steroid dienone is 1. The molecule has 0 radical (unpaired) electrons. The monoisotopic (exact) mass is 290 g/mol. The third-order valence-corrected chi connectivity index (χ3v) is 3.60. The number of rotatable bonds is 2. The van der Waals surface area contributed by atoms with E-state index >= 15 is 0 Å². The molecule has 0 fully saturated rings. The highest BCUT2D eigenvalue weighted by Crippen LogP contribution is 2.40. The van der Waals surface area contributed by atoms with Crippen LogP contribution in [0.2, 0.25) is 0 Å². The molecule has 2 aromatic rings. The van der Waals surface area contributed by atoms with Gasteiger partial charge in [0.25, 0.3) is 0 Å². The number of fused-ring (bicyclic) bond motifs is 1. The summed E-state index contributed by atoms with van der Waals surface area (Å²) in [5.41, 5.74) is 1.51. The van der Waals surface area contributed by atoms with Gasteiger partial charge < -0.3 is 4.74 Å². The molecule has 0 amide bonds. The SMILES string of the molecule is N#CC(C#N)C1C=C(c2ccc(F)cc2)Oc2ccccc21. The molecule has 0 N–H and O–H groups in total. The summed E-state index contributed by atoms with van der Waals surface area (Å²) in [6.07, 6.45) is 1.76. The number of halogens is 1. The van der Waals surface area contributed by atoms with Gasteiger partial charge in [0.1, 0.15) is 23.2 Å². The summed E-state index contributed by atoms with van der Waals surface area (Å²) >= 11 is 0. The normalized spacial score (nSPS) is 16.0. The molecule has 4 heteroatoms. The van der Waals surface area contributed by atoms with Crippen molar-refractivity contribution in [3.05, 3.63) is 71.6 Å². The fourth-order valence-corrected chi connectivity index (χ4v) is 2.49. The fraction of sp³-hybridized carbons (Fsp3) is 0.111. The van der Waals surface area contributed by atoms with E-state index in [1.807, 2.05) is 30.3 Å².